The summed E-state index contributed by atoms with van der Waals surface area (Å²) in [5, 5.41) is 0. The molecule has 466 valence electrons. The number of allylic oxidation sites excluding steroid dienone is 22. The third-order valence-electron chi connectivity index (χ3n) is 14.4. The summed E-state index contributed by atoms with van der Waals surface area (Å²) in [5.74, 6) is -0.946. The Balaban J connectivity index is 4.28. The van der Waals surface area contributed by atoms with E-state index in [1.807, 2.05) is 0 Å². The van der Waals surface area contributed by atoms with Crippen LogP contribution < -0.4 is 0 Å². The van der Waals surface area contributed by atoms with Gasteiger partial charge in [-0.25, -0.2) is 0 Å². The topological polar surface area (TPSA) is 78.9 Å². The molecule has 0 rings (SSSR count). The van der Waals surface area contributed by atoms with Crippen LogP contribution in [0.15, 0.2) is 134 Å². The lowest BCUT2D eigenvalue weighted by Gasteiger charge is -2.18. The molecule has 0 radical (unpaired) electrons. The molecule has 1 atom stereocenters. The molecule has 6 heteroatoms. The summed E-state index contributed by atoms with van der Waals surface area (Å²) in [5.41, 5.74) is 0. The maximum absolute atomic E-state index is 12.9. The van der Waals surface area contributed by atoms with Crippen molar-refractivity contribution in [2.24, 2.45) is 0 Å². The van der Waals surface area contributed by atoms with Gasteiger partial charge in [0, 0.05) is 19.3 Å². The maximum atomic E-state index is 12.9. The second-order valence-corrected chi connectivity index (χ2v) is 22.3. The SMILES string of the molecule is CC/C=C\C/C=C\C/C=C\C/C=C\C/C=C\C/C=C\CCCCC(=O)OC(COC(=O)CCCCCCC/C=C\CCCCC)COC(=O)CCCCCCCCCCCCCCCCCCCC/C=C\C/C=C\C/C=C\C/C=C\CC. The average Bonchev–Trinajstić information content (AvgIpc) is 3.47. The second-order valence-electron chi connectivity index (χ2n) is 22.3. The van der Waals surface area contributed by atoms with Gasteiger partial charge in [-0.2, -0.15) is 0 Å². The van der Waals surface area contributed by atoms with E-state index in [4.69, 9.17) is 14.2 Å². The zero-order valence-electron chi connectivity index (χ0n) is 53.5. The summed E-state index contributed by atoms with van der Waals surface area (Å²) in [7, 11) is 0. The Bertz CT molecular complexity index is 1730. The minimum absolute atomic E-state index is 0.0992. The van der Waals surface area contributed by atoms with E-state index in [0.717, 1.165) is 128 Å². The fraction of sp³-hybridized carbons (Fsp3) is 0.671. The molecule has 0 aliphatic carbocycles. The van der Waals surface area contributed by atoms with Crippen LogP contribution in [0.5, 0.6) is 0 Å². The number of carbonyl (C=O) groups is 3. The first-order chi connectivity index (χ1) is 40.5. The van der Waals surface area contributed by atoms with Crippen LogP contribution in [0.4, 0.5) is 0 Å². The van der Waals surface area contributed by atoms with E-state index in [9.17, 15) is 14.4 Å². The Hall–Kier alpha value is -4.45. The molecule has 0 aliphatic rings. The van der Waals surface area contributed by atoms with Crippen molar-refractivity contribution >= 4 is 17.9 Å². The van der Waals surface area contributed by atoms with Crippen molar-refractivity contribution in [2.75, 3.05) is 13.2 Å². The van der Waals surface area contributed by atoms with Gasteiger partial charge in [0.05, 0.1) is 0 Å². The Kier molecular flexibility index (Phi) is 65.3. The van der Waals surface area contributed by atoms with Crippen LogP contribution in [0.3, 0.4) is 0 Å². The molecule has 0 saturated heterocycles. The molecule has 82 heavy (non-hydrogen) atoms. The molecule has 0 aromatic rings. The summed E-state index contributed by atoms with van der Waals surface area (Å²) in [4.78, 5) is 38.3. The Morgan fingerprint density at radius 3 is 0.780 bits per heavy atom. The van der Waals surface area contributed by atoms with E-state index < -0.39 is 6.10 Å². The van der Waals surface area contributed by atoms with E-state index in [2.05, 4.69) is 154 Å². The van der Waals surface area contributed by atoms with Crippen LogP contribution >= 0.6 is 0 Å². The quantitative estimate of drug-likeness (QED) is 0.0261. The van der Waals surface area contributed by atoms with Gasteiger partial charge < -0.3 is 14.2 Å². The molecule has 0 spiro atoms. The largest absolute Gasteiger partial charge is 0.462 e. The highest BCUT2D eigenvalue weighted by molar-refractivity contribution is 5.71. The van der Waals surface area contributed by atoms with Crippen molar-refractivity contribution in [1.82, 2.24) is 0 Å². The van der Waals surface area contributed by atoms with E-state index in [-0.39, 0.29) is 37.5 Å². The first-order valence-electron chi connectivity index (χ1n) is 34.2. The van der Waals surface area contributed by atoms with Gasteiger partial charge >= 0.3 is 17.9 Å². The van der Waals surface area contributed by atoms with E-state index in [1.54, 1.807) is 0 Å². The van der Waals surface area contributed by atoms with Gasteiger partial charge in [-0.1, -0.05) is 289 Å². The maximum Gasteiger partial charge on any atom is 0.306 e. The normalized spacial score (nSPS) is 13.0. The van der Waals surface area contributed by atoms with Gasteiger partial charge in [0.15, 0.2) is 6.10 Å². The van der Waals surface area contributed by atoms with Crippen molar-refractivity contribution < 1.29 is 28.6 Å². The number of ether oxygens (including phenoxy) is 3. The van der Waals surface area contributed by atoms with Gasteiger partial charge in [-0.15, -0.1) is 0 Å². The lowest BCUT2D eigenvalue weighted by atomic mass is 10.0. The molecule has 0 N–H and O–H groups in total. The first kappa shape index (κ1) is 77.5. The summed E-state index contributed by atoms with van der Waals surface area (Å²) in [6.45, 7) is 6.36. The molecule has 0 heterocycles. The van der Waals surface area contributed by atoms with Gasteiger partial charge in [-0.05, 0) is 135 Å². The van der Waals surface area contributed by atoms with Crippen LogP contribution in [-0.2, 0) is 28.6 Å². The van der Waals surface area contributed by atoms with Crippen LogP contribution in [-0.4, -0.2) is 37.2 Å². The highest BCUT2D eigenvalue weighted by atomic mass is 16.6. The monoisotopic (exact) mass is 1130 g/mol. The zero-order chi connectivity index (χ0) is 59.2. The predicted octanol–water partition coefficient (Wildman–Crippen LogP) is 23.7. The minimum atomic E-state index is -0.808. The molecule has 0 aromatic carbocycles. The molecule has 0 aromatic heterocycles. The third-order valence-corrected chi connectivity index (χ3v) is 14.4. The lowest BCUT2D eigenvalue weighted by Crippen LogP contribution is -2.30. The molecule has 0 fully saturated rings. The molecule has 0 amide bonds. The van der Waals surface area contributed by atoms with E-state index >= 15 is 0 Å². The second kappa shape index (κ2) is 69.0. The molecule has 0 saturated carbocycles. The highest BCUT2D eigenvalue weighted by Gasteiger charge is 2.19. The number of rotatable bonds is 61. The van der Waals surface area contributed by atoms with Crippen molar-refractivity contribution in [3.05, 3.63) is 134 Å². The Morgan fingerprint density at radius 1 is 0.256 bits per heavy atom. The average molecular weight is 1140 g/mol. The van der Waals surface area contributed by atoms with Crippen LogP contribution in [0.1, 0.15) is 310 Å². The van der Waals surface area contributed by atoms with Crippen LogP contribution in [0.2, 0.25) is 0 Å². The van der Waals surface area contributed by atoms with E-state index in [1.165, 1.54) is 135 Å². The molecule has 0 aliphatic heterocycles. The smallest absolute Gasteiger partial charge is 0.306 e. The van der Waals surface area contributed by atoms with Crippen molar-refractivity contribution in [2.45, 2.75) is 316 Å². The summed E-state index contributed by atoms with van der Waals surface area (Å²) in [6.07, 6.45) is 97.7. The lowest BCUT2D eigenvalue weighted by molar-refractivity contribution is -0.167. The molecular weight excluding hydrogens is 1010 g/mol. The molecule has 1 unspecified atom stereocenters. The van der Waals surface area contributed by atoms with Crippen LogP contribution in [0.25, 0.3) is 0 Å². The van der Waals surface area contributed by atoms with Crippen LogP contribution in [0, 0.1) is 0 Å². The number of hydrogen-bond acceptors (Lipinski definition) is 6. The Labute approximate surface area is 506 Å². The minimum Gasteiger partial charge on any atom is -0.462 e. The van der Waals surface area contributed by atoms with Gasteiger partial charge in [0.25, 0.3) is 0 Å². The predicted molar refractivity (Wildman–Crippen MR) is 357 cm³/mol. The zero-order valence-corrected chi connectivity index (χ0v) is 53.5. The van der Waals surface area contributed by atoms with Crippen molar-refractivity contribution in [3.8, 4) is 0 Å². The highest BCUT2D eigenvalue weighted by Crippen LogP contribution is 2.16. The van der Waals surface area contributed by atoms with Gasteiger partial charge in [0.1, 0.15) is 13.2 Å². The standard InChI is InChI=1S/C76H126O6/c1-4-7-10-13-16-19-22-25-27-29-31-33-34-35-36-37-38-39-40-41-42-44-45-47-49-51-54-57-60-63-66-69-75(78)81-72-73(71-80-74(77)68-65-62-59-56-53-24-21-18-15-12-9-6-3)82-76(79)70-67-64-61-58-55-52-50-48-46-43-32-30-28-26-23-20-17-14-11-8-5-2/h7-8,10-11,16-21,25-28,31-33,43,48,50,55,58,73H,4-6,9,12-15,22-24,29-30,34-42,44-47,49,51-54,56-57,59-72H2,1-3H3/b10-7-,11-8-,19-16-,20-17-,21-18-,27-25-,28-26-,33-31-,43-32-,50-48-,58-55-. The molecule has 6 nitrogen and oxygen atoms in total. The van der Waals surface area contributed by atoms with E-state index in [0.29, 0.717) is 19.3 Å². The van der Waals surface area contributed by atoms with Gasteiger partial charge in [0.2, 0.25) is 0 Å². The number of esters is 3. The number of unbranched alkanes of at least 4 members (excludes halogenated alkanes) is 28. The van der Waals surface area contributed by atoms with Crippen molar-refractivity contribution in [3.63, 3.8) is 0 Å². The van der Waals surface area contributed by atoms with Gasteiger partial charge in [-0.3, -0.25) is 14.4 Å². The number of hydrogen-bond donors (Lipinski definition) is 0. The fourth-order valence-corrected chi connectivity index (χ4v) is 9.32. The first-order valence-corrected chi connectivity index (χ1v) is 34.2. The fourth-order valence-electron chi connectivity index (χ4n) is 9.32. The molecular formula is C76H126O6. The summed E-state index contributed by atoms with van der Waals surface area (Å²) in [6, 6.07) is 0. The number of carbonyl (C=O) groups excluding carboxylic acids is 3. The van der Waals surface area contributed by atoms with Crippen molar-refractivity contribution in [1.29, 1.82) is 0 Å². The third kappa shape index (κ3) is 66.4. The summed E-state index contributed by atoms with van der Waals surface area (Å²) < 4.78 is 16.9. The molecule has 0 bridgehead atoms. The summed E-state index contributed by atoms with van der Waals surface area (Å²) >= 11 is 0. The Morgan fingerprint density at radius 2 is 0.476 bits per heavy atom.